The molecule has 212 valence electrons. The van der Waals surface area contributed by atoms with E-state index in [9.17, 15) is 18.3 Å². The first-order valence-electron chi connectivity index (χ1n) is 14.2. The lowest BCUT2D eigenvalue weighted by atomic mass is 9.57. The number of sulfonamides is 1. The van der Waals surface area contributed by atoms with Crippen molar-refractivity contribution in [1.29, 1.82) is 0 Å². The van der Waals surface area contributed by atoms with Crippen molar-refractivity contribution in [1.82, 2.24) is 4.72 Å². The second-order valence-electron chi connectivity index (χ2n) is 11.6. The van der Waals surface area contributed by atoms with Gasteiger partial charge in [-0.15, -0.1) is 0 Å². The van der Waals surface area contributed by atoms with Crippen LogP contribution >= 0.6 is 11.6 Å². The van der Waals surface area contributed by atoms with Gasteiger partial charge in [-0.25, -0.2) is 13.1 Å². The van der Waals surface area contributed by atoms with E-state index in [2.05, 4.69) is 16.5 Å². The van der Waals surface area contributed by atoms with Crippen molar-refractivity contribution in [2.75, 3.05) is 23.7 Å². The molecule has 1 aliphatic carbocycles. The Balaban J connectivity index is 1.53. The van der Waals surface area contributed by atoms with Crippen LogP contribution in [0.3, 0.4) is 0 Å². The summed E-state index contributed by atoms with van der Waals surface area (Å²) in [6.07, 6.45) is 6.97. The van der Waals surface area contributed by atoms with Gasteiger partial charge in [-0.3, -0.25) is 4.79 Å². The van der Waals surface area contributed by atoms with Crippen molar-refractivity contribution in [3.8, 4) is 5.75 Å². The van der Waals surface area contributed by atoms with Crippen LogP contribution in [0.25, 0.3) is 0 Å². The number of rotatable bonds is 0. The number of benzene rings is 2. The zero-order valence-corrected chi connectivity index (χ0v) is 24.2. The molecule has 3 atom stereocenters. The quantitative estimate of drug-likeness (QED) is 0.433. The number of anilines is 1. The van der Waals surface area contributed by atoms with Crippen LogP contribution < -0.4 is 14.4 Å². The number of halogens is 1. The number of carbonyl (C=O) groups excluding carboxylic acids is 1. The Labute approximate surface area is 236 Å². The molecule has 9 heteroatoms. The summed E-state index contributed by atoms with van der Waals surface area (Å²) in [4.78, 5) is 15.3. The molecule has 2 aromatic rings. The van der Waals surface area contributed by atoms with Gasteiger partial charge in [0.2, 0.25) is 10.0 Å². The maximum absolute atomic E-state index is 13.1. The number of carbonyl (C=O) groups is 1. The molecule has 7 nitrogen and oxygen atoms in total. The number of fused-ring (bicyclic) bond motifs is 3. The fraction of sp³-hybridized carbons (Fsp3) is 0.567. The molecular weight excluding hydrogens is 536 g/mol. The fourth-order valence-corrected chi connectivity index (χ4v) is 7.56. The molecular formula is C30H39ClN2O5S. The van der Waals surface area contributed by atoms with Gasteiger partial charge < -0.3 is 14.7 Å². The van der Waals surface area contributed by atoms with E-state index in [0.717, 1.165) is 62.9 Å². The Morgan fingerprint density at radius 3 is 2.69 bits per heavy atom. The minimum Gasteiger partial charge on any atom is -0.487 e. The first-order valence-corrected chi connectivity index (χ1v) is 16.2. The smallest absolute Gasteiger partial charge is 0.264 e. The summed E-state index contributed by atoms with van der Waals surface area (Å²) in [6.45, 7) is 4.06. The van der Waals surface area contributed by atoms with Crippen molar-refractivity contribution in [3.05, 3.63) is 58.1 Å². The number of aryl methyl sites for hydroxylation is 1. The summed E-state index contributed by atoms with van der Waals surface area (Å²) in [5.74, 6) is 0.230. The van der Waals surface area contributed by atoms with Crippen LogP contribution in [0.1, 0.15) is 79.8 Å². The van der Waals surface area contributed by atoms with Gasteiger partial charge in [-0.05, 0) is 97.7 Å². The zero-order valence-electron chi connectivity index (χ0n) is 22.6. The average Bonchev–Trinajstić information content (AvgIpc) is 2.92. The number of aliphatic hydroxyl groups excluding tert-OH is 1. The number of hydrogen-bond donors (Lipinski definition) is 2. The van der Waals surface area contributed by atoms with E-state index in [4.69, 9.17) is 16.3 Å². The summed E-state index contributed by atoms with van der Waals surface area (Å²) in [5.41, 5.74) is 3.15. The fourth-order valence-electron chi connectivity index (χ4n) is 6.28. The third-order valence-corrected chi connectivity index (χ3v) is 10.6. The first-order chi connectivity index (χ1) is 18.6. The molecule has 5 rings (SSSR count). The van der Waals surface area contributed by atoms with Crippen molar-refractivity contribution in [2.45, 2.75) is 77.4 Å². The van der Waals surface area contributed by atoms with Crippen LogP contribution in [0.2, 0.25) is 5.02 Å². The largest absolute Gasteiger partial charge is 0.487 e. The summed E-state index contributed by atoms with van der Waals surface area (Å²) < 4.78 is 33.9. The van der Waals surface area contributed by atoms with Crippen molar-refractivity contribution in [2.24, 2.45) is 11.3 Å². The molecule has 3 aliphatic rings. The van der Waals surface area contributed by atoms with Gasteiger partial charge in [-0.2, -0.15) is 0 Å². The van der Waals surface area contributed by atoms with Gasteiger partial charge >= 0.3 is 0 Å². The first kappa shape index (κ1) is 28.2. The van der Waals surface area contributed by atoms with E-state index < -0.39 is 22.0 Å². The highest BCUT2D eigenvalue weighted by Crippen LogP contribution is 2.51. The standard InChI is InChI=1S/C30H39ClN2O5S/c1-30-14-13-24(30)19-33-15-5-4-7-21-17-25(31)11-9-23(21)20-38-27-12-10-22(18-26(27)33)29(35)32-39(36,37)16-6-2-3-8-28(30)34/h9-12,17-18,24,28,34H,2-8,13-16,19-20H2,1H3,(H,32,35)/t24-,28+,30-/m0/s1. The van der Waals surface area contributed by atoms with E-state index in [1.54, 1.807) is 18.2 Å². The van der Waals surface area contributed by atoms with Gasteiger partial charge in [0.1, 0.15) is 12.4 Å². The molecule has 1 amide bonds. The third-order valence-electron chi connectivity index (χ3n) is 9.04. The highest BCUT2D eigenvalue weighted by Gasteiger charge is 2.48. The Morgan fingerprint density at radius 1 is 1.05 bits per heavy atom. The second-order valence-corrected chi connectivity index (χ2v) is 13.9. The maximum atomic E-state index is 13.1. The second kappa shape index (κ2) is 11.7. The summed E-state index contributed by atoms with van der Waals surface area (Å²) in [6, 6.07) is 11.1. The molecule has 1 fully saturated rings. The summed E-state index contributed by atoms with van der Waals surface area (Å²) in [7, 11) is -3.76. The molecule has 0 radical (unpaired) electrons. The van der Waals surface area contributed by atoms with Gasteiger partial charge in [0.15, 0.2) is 0 Å². The van der Waals surface area contributed by atoms with E-state index in [-0.39, 0.29) is 16.7 Å². The van der Waals surface area contributed by atoms with Crippen molar-refractivity contribution < 1.29 is 23.1 Å². The number of nitrogens with one attached hydrogen (secondary N) is 1. The molecule has 2 heterocycles. The van der Waals surface area contributed by atoms with E-state index >= 15 is 0 Å². The molecule has 2 bridgehead atoms. The van der Waals surface area contributed by atoms with Crippen LogP contribution in [0.15, 0.2) is 36.4 Å². The number of hydrogen-bond acceptors (Lipinski definition) is 6. The average molecular weight is 575 g/mol. The van der Waals surface area contributed by atoms with Crippen LogP contribution in [0.4, 0.5) is 5.69 Å². The lowest BCUT2D eigenvalue weighted by Gasteiger charge is -2.52. The SMILES string of the molecule is C[C@]12CC[C@H]1CN1CCCCc3cc(Cl)ccc3COc3ccc(cc31)C(=O)NS(=O)(=O)CCCCC[C@H]2O. The summed E-state index contributed by atoms with van der Waals surface area (Å²) >= 11 is 6.29. The summed E-state index contributed by atoms with van der Waals surface area (Å²) in [5, 5.41) is 11.9. The lowest BCUT2D eigenvalue weighted by molar-refractivity contribution is -0.0756. The topological polar surface area (TPSA) is 95.9 Å². The minimum atomic E-state index is -3.76. The molecule has 39 heavy (non-hydrogen) atoms. The van der Waals surface area contributed by atoms with Gasteiger partial charge in [0.25, 0.3) is 5.91 Å². The monoisotopic (exact) mass is 574 g/mol. The van der Waals surface area contributed by atoms with Crippen LogP contribution in [-0.4, -0.2) is 44.4 Å². The molecule has 2 aliphatic heterocycles. The number of amides is 1. The molecule has 0 spiro atoms. The molecule has 1 saturated carbocycles. The number of ether oxygens (including phenoxy) is 1. The normalized spacial score (nSPS) is 28.0. The molecule has 2 aromatic carbocycles. The van der Waals surface area contributed by atoms with E-state index in [1.807, 2.05) is 18.2 Å². The highest BCUT2D eigenvalue weighted by atomic mass is 35.5. The van der Waals surface area contributed by atoms with Crippen molar-refractivity contribution >= 4 is 33.2 Å². The molecule has 0 unspecified atom stereocenters. The molecule has 0 aromatic heterocycles. The lowest BCUT2D eigenvalue weighted by Crippen LogP contribution is -2.51. The number of aliphatic hydroxyl groups is 1. The van der Waals surface area contributed by atoms with Crippen LogP contribution in [0.5, 0.6) is 5.75 Å². The molecule has 2 N–H and O–H groups in total. The minimum absolute atomic E-state index is 0.113. The van der Waals surface area contributed by atoms with E-state index in [1.165, 1.54) is 5.56 Å². The predicted molar refractivity (Wildman–Crippen MR) is 154 cm³/mol. The third kappa shape index (κ3) is 6.39. The van der Waals surface area contributed by atoms with Crippen LogP contribution in [0, 0.1) is 11.3 Å². The Hall–Kier alpha value is -2.29. The van der Waals surface area contributed by atoms with Gasteiger partial charge in [0, 0.05) is 23.7 Å². The Kier molecular flexibility index (Phi) is 8.45. The van der Waals surface area contributed by atoms with Gasteiger partial charge in [-0.1, -0.05) is 37.4 Å². The van der Waals surface area contributed by atoms with Crippen LogP contribution in [-0.2, 0) is 23.1 Å². The maximum Gasteiger partial charge on any atom is 0.264 e. The Bertz CT molecular complexity index is 1320. The predicted octanol–water partition coefficient (Wildman–Crippen LogP) is 5.47. The Morgan fingerprint density at radius 2 is 1.90 bits per heavy atom. The van der Waals surface area contributed by atoms with Gasteiger partial charge in [0.05, 0.1) is 17.5 Å². The number of nitrogens with zero attached hydrogens (tertiary/aromatic N) is 1. The van der Waals surface area contributed by atoms with E-state index in [0.29, 0.717) is 42.6 Å². The molecule has 0 saturated heterocycles. The highest BCUT2D eigenvalue weighted by molar-refractivity contribution is 7.90. The zero-order chi connectivity index (χ0) is 27.6. The van der Waals surface area contributed by atoms with Crippen molar-refractivity contribution in [3.63, 3.8) is 0 Å².